The van der Waals surface area contributed by atoms with Crippen molar-refractivity contribution >= 4 is 11.8 Å². The minimum Gasteiger partial charge on any atom is -0.309 e. The molecule has 0 aliphatic heterocycles. The fourth-order valence-corrected chi connectivity index (χ4v) is 3.27. The van der Waals surface area contributed by atoms with Gasteiger partial charge in [-0.05, 0) is 31.7 Å². The van der Waals surface area contributed by atoms with Crippen LogP contribution in [0.3, 0.4) is 0 Å². The fourth-order valence-electron chi connectivity index (χ4n) is 2.17. The molecule has 1 atom stereocenters. The first kappa shape index (κ1) is 16.0. The topological polar surface area (TPSA) is 12.0 Å². The summed E-state index contributed by atoms with van der Waals surface area (Å²) in [5, 5.41) is 3.26. The Kier molecular flexibility index (Phi) is 5.76. The van der Waals surface area contributed by atoms with Gasteiger partial charge in [-0.2, -0.15) is 0 Å². The maximum atomic E-state index is 13.9. The van der Waals surface area contributed by atoms with Gasteiger partial charge in [0, 0.05) is 28.3 Å². The zero-order valence-corrected chi connectivity index (χ0v) is 13.0. The Hall–Kier alpha value is -1.39. The standard InChI is InChI=1S/C17H19F2NS/c1-3-20-17(15-8-7-13(18)10-16(15)19)11-21-14-6-4-5-12(2)9-14/h4-10,17,20H,3,11H2,1-2H3. The van der Waals surface area contributed by atoms with Crippen LogP contribution in [-0.4, -0.2) is 12.3 Å². The lowest BCUT2D eigenvalue weighted by Gasteiger charge is -2.19. The van der Waals surface area contributed by atoms with E-state index in [-0.39, 0.29) is 6.04 Å². The Morgan fingerprint density at radius 2 is 1.95 bits per heavy atom. The number of thioether (sulfide) groups is 1. The van der Waals surface area contributed by atoms with Crippen molar-refractivity contribution < 1.29 is 8.78 Å². The maximum Gasteiger partial charge on any atom is 0.130 e. The molecule has 0 amide bonds. The lowest BCUT2D eigenvalue weighted by atomic mass is 10.1. The predicted molar refractivity (Wildman–Crippen MR) is 84.7 cm³/mol. The molecule has 0 radical (unpaired) electrons. The highest BCUT2D eigenvalue weighted by Crippen LogP contribution is 2.27. The van der Waals surface area contributed by atoms with Gasteiger partial charge in [-0.15, -0.1) is 11.8 Å². The number of nitrogens with one attached hydrogen (secondary N) is 1. The van der Waals surface area contributed by atoms with Gasteiger partial charge in [0.05, 0.1) is 0 Å². The Morgan fingerprint density at radius 3 is 2.62 bits per heavy atom. The second kappa shape index (κ2) is 7.57. The van der Waals surface area contributed by atoms with Crippen LogP contribution < -0.4 is 5.32 Å². The van der Waals surface area contributed by atoms with Gasteiger partial charge in [0.1, 0.15) is 11.6 Å². The van der Waals surface area contributed by atoms with Gasteiger partial charge < -0.3 is 5.32 Å². The molecular formula is C17H19F2NS. The van der Waals surface area contributed by atoms with E-state index in [1.807, 2.05) is 32.0 Å². The molecule has 0 aliphatic rings. The number of aryl methyl sites for hydroxylation is 1. The predicted octanol–water partition coefficient (Wildman–Crippen LogP) is 4.72. The molecule has 21 heavy (non-hydrogen) atoms. The summed E-state index contributed by atoms with van der Waals surface area (Å²) < 4.78 is 27.0. The summed E-state index contributed by atoms with van der Waals surface area (Å²) in [5.74, 6) is -0.344. The highest BCUT2D eigenvalue weighted by molar-refractivity contribution is 7.99. The van der Waals surface area contributed by atoms with Gasteiger partial charge in [0.2, 0.25) is 0 Å². The van der Waals surface area contributed by atoms with E-state index in [1.165, 1.54) is 17.7 Å². The quantitative estimate of drug-likeness (QED) is 0.775. The maximum absolute atomic E-state index is 13.9. The Bertz CT molecular complexity index is 601. The molecule has 0 saturated heterocycles. The van der Waals surface area contributed by atoms with Crippen LogP contribution in [0.1, 0.15) is 24.1 Å². The third-order valence-electron chi connectivity index (χ3n) is 3.19. The van der Waals surface area contributed by atoms with Crippen LogP contribution in [0.4, 0.5) is 8.78 Å². The molecule has 2 aromatic rings. The van der Waals surface area contributed by atoms with E-state index in [9.17, 15) is 8.78 Å². The van der Waals surface area contributed by atoms with Crippen molar-refractivity contribution in [3.05, 3.63) is 65.2 Å². The molecule has 2 rings (SSSR count). The highest BCUT2D eigenvalue weighted by Gasteiger charge is 2.15. The molecule has 112 valence electrons. The van der Waals surface area contributed by atoms with Gasteiger partial charge in [-0.1, -0.05) is 30.7 Å². The lowest BCUT2D eigenvalue weighted by molar-refractivity contribution is 0.531. The number of benzene rings is 2. The first-order valence-electron chi connectivity index (χ1n) is 6.98. The molecule has 1 N–H and O–H groups in total. The number of rotatable bonds is 6. The van der Waals surface area contributed by atoms with Crippen molar-refractivity contribution in [2.24, 2.45) is 0 Å². The smallest absolute Gasteiger partial charge is 0.130 e. The third-order valence-corrected chi connectivity index (χ3v) is 4.28. The molecular weight excluding hydrogens is 288 g/mol. The Morgan fingerprint density at radius 1 is 1.14 bits per heavy atom. The number of hydrogen-bond acceptors (Lipinski definition) is 2. The summed E-state index contributed by atoms with van der Waals surface area (Å²) >= 11 is 1.67. The Labute approximate surface area is 128 Å². The average Bonchev–Trinajstić information content (AvgIpc) is 2.44. The molecule has 0 bridgehead atoms. The van der Waals surface area contributed by atoms with Crippen molar-refractivity contribution in [3.8, 4) is 0 Å². The van der Waals surface area contributed by atoms with Crippen LogP contribution in [0.2, 0.25) is 0 Å². The second-order valence-electron chi connectivity index (χ2n) is 4.90. The third kappa shape index (κ3) is 4.55. The second-order valence-corrected chi connectivity index (χ2v) is 6.00. The van der Waals surface area contributed by atoms with Crippen molar-refractivity contribution in [2.45, 2.75) is 24.8 Å². The number of halogens is 2. The van der Waals surface area contributed by atoms with E-state index in [2.05, 4.69) is 11.4 Å². The van der Waals surface area contributed by atoms with Crippen molar-refractivity contribution in [2.75, 3.05) is 12.3 Å². The first-order chi connectivity index (χ1) is 10.1. The number of hydrogen-bond donors (Lipinski definition) is 1. The summed E-state index contributed by atoms with van der Waals surface area (Å²) in [7, 11) is 0. The monoisotopic (exact) mass is 307 g/mol. The van der Waals surface area contributed by atoms with Gasteiger partial charge in [0.25, 0.3) is 0 Å². The van der Waals surface area contributed by atoms with Crippen LogP contribution in [0.25, 0.3) is 0 Å². The van der Waals surface area contributed by atoms with E-state index in [0.29, 0.717) is 11.3 Å². The summed E-state index contributed by atoms with van der Waals surface area (Å²) in [4.78, 5) is 1.15. The van der Waals surface area contributed by atoms with E-state index >= 15 is 0 Å². The molecule has 0 heterocycles. The molecule has 1 unspecified atom stereocenters. The summed E-state index contributed by atoms with van der Waals surface area (Å²) in [6.45, 7) is 4.76. The van der Waals surface area contributed by atoms with Crippen LogP contribution in [-0.2, 0) is 0 Å². The van der Waals surface area contributed by atoms with E-state index in [0.717, 1.165) is 17.5 Å². The minimum atomic E-state index is -0.544. The van der Waals surface area contributed by atoms with E-state index < -0.39 is 11.6 Å². The molecule has 4 heteroatoms. The highest BCUT2D eigenvalue weighted by atomic mass is 32.2. The average molecular weight is 307 g/mol. The van der Waals surface area contributed by atoms with Gasteiger partial charge in [0.15, 0.2) is 0 Å². The van der Waals surface area contributed by atoms with Crippen LogP contribution >= 0.6 is 11.8 Å². The zero-order valence-electron chi connectivity index (χ0n) is 12.2. The molecule has 0 aliphatic carbocycles. The van der Waals surface area contributed by atoms with Crippen LogP contribution in [0.15, 0.2) is 47.4 Å². The first-order valence-corrected chi connectivity index (χ1v) is 7.96. The minimum absolute atomic E-state index is 0.138. The molecule has 0 aromatic heterocycles. The Balaban J connectivity index is 2.12. The molecule has 0 fully saturated rings. The fraction of sp³-hybridized carbons (Fsp3) is 0.294. The van der Waals surface area contributed by atoms with Crippen LogP contribution in [0, 0.1) is 18.6 Å². The van der Waals surface area contributed by atoms with E-state index in [4.69, 9.17) is 0 Å². The molecule has 0 saturated carbocycles. The normalized spacial score (nSPS) is 12.4. The molecule has 2 aromatic carbocycles. The SMILES string of the molecule is CCNC(CSc1cccc(C)c1)c1ccc(F)cc1F. The largest absolute Gasteiger partial charge is 0.309 e. The van der Waals surface area contributed by atoms with Crippen molar-refractivity contribution in [3.63, 3.8) is 0 Å². The lowest BCUT2D eigenvalue weighted by Crippen LogP contribution is -2.24. The molecule has 1 nitrogen and oxygen atoms in total. The summed E-state index contributed by atoms with van der Waals surface area (Å²) in [6.07, 6.45) is 0. The summed E-state index contributed by atoms with van der Waals surface area (Å²) in [5.41, 5.74) is 1.71. The van der Waals surface area contributed by atoms with Gasteiger partial charge in [-0.25, -0.2) is 8.78 Å². The van der Waals surface area contributed by atoms with Crippen molar-refractivity contribution in [1.29, 1.82) is 0 Å². The summed E-state index contributed by atoms with van der Waals surface area (Å²) in [6, 6.07) is 11.8. The van der Waals surface area contributed by atoms with Crippen LogP contribution in [0.5, 0.6) is 0 Å². The van der Waals surface area contributed by atoms with E-state index in [1.54, 1.807) is 11.8 Å². The molecule has 0 spiro atoms. The zero-order chi connectivity index (χ0) is 15.2. The van der Waals surface area contributed by atoms with Gasteiger partial charge >= 0.3 is 0 Å². The van der Waals surface area contributed by atoms with Gasteiger partial charge in [-0.3, -0.25) is 0 Å². The van der Waals surface area contributed by atoms with Crippen molar-refractivity contribution in [1.82, 2.24) is 5.32 Å².